The highest BCUT2D eigenvalue weighted by Gasteiger charge is 2.32. The zero-order valence-electron chi connectivity index (χ0n) is 11.1. The highest BCUT2D eigenvalue weighted by Crippen LogP contribution is 2.22. The molecule has 1 saturated heterocycles. The Labute approximate surface area is 138 Å². The molecule has 1 aliphatic rings. The Balaban J connectivity index is 2.03. The van der Waals surface area contributed by atoms with Gasteiger partial charge in [0, 0.05) is 5.33 Å². The molecule has 0 spiro atoms. The molecule has 0 saturated carbocycles. The first-order chi connectivity index (χ1) is 10.5. The smallest absolute Gasteiger partial charge is 0.305 e. The minimum atomic E-state index is -1.05. The maximum absolute atomic E-state index is 13.3. The molecule has 1 fully saturated rings. The van der Waals surface area contributed by atoms with E-state index in [2.05, 4.69) is 31.4 Å². The van der Waals surface area contributed by atoms with E-state index in [1.165, 1.54) is 12.3 Å². The van der Waals surface area contributed by atoms with Gasteiger partial charge in [-0.3, -0.25) is 9.59 Å². The van der Waals surface area contributed by atoms with Crippen molar-refractivity contribution in [2.45, 2.75) is 17.0 Å². The summed E-state index contributed by atoms with van der Waals surface area (Å²) in [5.74, 6) is -1.76. The number of carboxylic acids is 1. The quantitative estimate of drug-likeness (QED) is 0.459. The lowest BCUT2D eigenvalue weighted by molar-refractivity contribution is -0.138. The number of thioether (sulfide) groups is 1. The highest BCUT2D eigenvalue weighted by molar-refractivity contribution is 9.08. The summed E-state index contributed by atoms with van der Waals surface area (Å²) in [7, 11) is 0. The van der Waals surface area contributed by atoms with E-state index in [9.17, 15) is 14.0 Å². The summed E-state index contributed by atoms with van der Waals surface area (Å²) in [6, 6.07) is 4.51. The van der Waals surface area contributed by atoms with Crippen LogP contribution in [0.5, 0.6) is 0 Å². The Morgan fingerprint density at radius 3 is 3.00 bits per heavy atom. The van der Waals surface area contributed by atoms with E-state index >= 15 is 0 Å². The molecular formula is C13H11BrFN3O3S. The molecule has 0 aliphatic carbocycles. The van der Waals surface area contributed by atoms with E-state index in [0.29, 0.717) is 16.5 Å². The molecule has 1 aromatic rings. The van der Waals surface area contributed by atoms with Crippen LogP contribution in [0.1, 0.15) is 17.5 Å². The number of nitrogens with one attached hydrogen (secondary N) is 1. The molecule has 0 aromatic heterocycles. The van der Waals surface area contributed by atoms with Gasteiger partial charge in [0.05, 0.1) is 12.6 Å². The van der Waals surface area contributed by atoms with Gasteiger partial charge in [-0.1, -0.05) is 33.8 Å². The molecule has 2 N–H and O–H groups in total. The number of amides is 1. The molecule has 1 aromatic carbocycles. The van der Waals surface area contributed by atoms with Crippen molar-refractivity contribution in [1.29, 1.82) is 0 Å². The number of amidine groups is 1. The summed E-state index contributed by atoms with van der Waals surface area (Å²) in [6.07, 6.45) is 1.15. The summed E-state index contributed by atoms with van der Waals surface area (Å²) >= 11 is 4.21. The standard InChI is InChI=1S/C13H11BrFN3O3S/c14-5-8-3-7(1-2-9(8)15)6-16-18-13-17-12(21)10(22-13)4-11(19)20/h1-3,6,10H,4-5H2,(H,19,20)(H,17,18,21). The molecule has 0 bridgehead atoms. The lowest BCUT2D eigenvalue weighted by atomic mass is 10.1. The summed E-state index contributed by atoms with van der Waals surface area (Å²) < 4.78 is 13.3. The molecule has 1 unspecified atom stereocenters. The number of carbonyl (C=O) groups excluding carboxylic acids is 1. The number of aliphatic carboxylic acids is 1. The fourth-order valence-electron chi connectivity index (χ4n) is 1.67. The number of hydrogen-bond acceptors (Lipinski definition) is 5. The number of nitrogens with zero attached hydrogens (tertiary/aromatic N) is 2. The summed E-state index contributed by atoms with van der Waals surface area (Å²) in [6.45, 7) is 0. The van der Waals surface area contributed by atoms with Gasteiger partial charge in [0.1, 0.15) is 11.1 Å². The minimum absolute atomic E-state index is 0.246. The SMILES string of the molecule is O=C(O)CC1SC(=NN=Cc2ccc(F)c(CBr)c2)NC1=O. The average Bonchev–Trinajstić information content (AvgIpc) is 2.80. The van der Waals surface area contributed by atoms with E-state index in [1.807, 2.05) is 0 Å². The van der Waals surface area contributed by atoms with Gasteiger partial charge in [-0.2, -0.15) is 5.10 Å². The van der Waals surface area contributed by atoms with Crippen LogP contribution in [0.3, 0.4) is 0 Å². The molecule has 1 aliphatic heterocycles. The molecule has 22 heavy (non-hydrogen) atoms. The second-order valence-corrected chi connectivity index (χ2v) is 6.08. The summed E-state index contributed by atoms with van der Waals surface area (Å²) in [5.41, 5.74) is 1.17. The van der Waals surface area contributed by atoms with Gasteiger partial charge in [0.2, 0.25) is 5.91 Å². The van der Waals surface area contributed by atoms with Crippen LogP contribution in [0, 0.1) is 5.82 Å². The van der Waals surface area contributed by atoms with Gasteiger partial charge < -0.3 is 10.4 Å². The normalized spacial score (nSPS) is 19.8. The van der Waals surface area contributed by atoms with Crippen molar-refractivity contribution in [3.63, 3.8) is 0 Å². The maximum Gasteiger partial charge on any atom is 0.305 e. The Bertz CT molecular complexity index is 666. The number of carboxylic acid groups (broad SMARTS) is 1. The Morgan fingerprint density at radius 2 is 2.32 bits per heavy atom. The van der Waals surface area contributed by atoms with Crippen LogP contribution in [-0.4, -0.2) is 33.6 Å². The molecule has 6 nitrogen and oxygen atoms in total. The van der Waals surface area contributed by atoms with Crippen molar-refractivity contribution in [2.75, 3.05) is 0 Å². The van der Waals surface area contributed by atoms with Crippen molar-refractivity contribution in [2.24, 2.45) is 10.2 Å². The number of halogens is 2. The molecule has 0 radical (unpaired) electrons. The molecule has 9 heteroatoms. The number of alkyl halides is 1. The second-order valence-electron chi connectivity index (χ2n) is 4.33. The van der Waals surface area contributed by atoms with E-state index in [-0.39, 0.29) is 17.4 Å². The zero-order chi connectivity index (χ0) is 16.1. The van der Waals surface area contributed by atoms with Crippen molar-refractivity contribution in [3.05, 3.63) is 35.1 Å². The summed E-state index contributed by atoms with van der Waals surface area (Å²) in [5, 5.41) is 18.7. The van der Waals surface area contributed by atoms with Crippen LogP contribution in [0.15, 0.2) is 28.4 Å². The first-order valence-corrected chi connectivity index (χ1v) is 8.14. The van der Waals surface area contributed by atoms with Crippen molar-refractivity contribution in [1.82, 2.24) is 5.32 Å². The minimum Gasteiger partial charge on any atom is -0.481 e. The van der Waals surface area contributed by atoms with E-state index in [4.69, 9.17) is 5.11 Å². The Kier molecular flexibility index (Phi) is 5.67. The van der Waals surface area contributed by atoms with Crippen LogP contribution in [0.4, 0.5) is 4.39 Å². The Hall–Kier alpha value is -1.74. The number of carbonyl (C=O) groups is 2. The fraction of sp³-hybridized carbons (Fsp3) is 0.231. The fourth-order valence-corrected chi connectivity index (χ4v) is 3.02. The van der Waals surface area contributed by atoms with E-state index in [0.717, 1.165) is 11.8 Å². The molecule has 1 amide bonds. The monoisotopic (exact) mass is 387 g/mol. The molecule has 1 atom stereocenters. The third kappa shape index (κ3) is 4.38. The van der Waals surface area contributed by atoms with Crippen molar-refractivity contribution in [3.8, 4) is 0 Å². The van der Waals surface area contributed by atoms with E-state index in [1.54, 1.807) is 12.1 Å². The van der Waals surface area contributed by atoms with Crippen LogP contribution in [-0.2, 0) is 14.9 Å². The first kappa shape index (κ1) is 16.6. The third-order valence-corrected chi connectivity index (χ3v) is 4.38. The molecule has 116 valence electrons. The zero-order valence-corrected chi connectivity index (χ0v) is 13.5. The van der Waals surface area contributed by atoms with Gasteiger partial charge in [0.25, 0.3) is 0 Å². The van der Waals surface area contributed by atoms with Gasteiger partial charge in [-0.15, -0.1) is 5.10 Å². The maximum atomic E-state index is 13.3. The van der Waals surface area contributed by atoms with Crippen molar-refractivity contribution >= 4 is 51.0 Å². The van der Waals surface area contributed by atoms with Crippen molar-refractivity contribution < 1.29 is 19.1 Å². The molecular weight excluding hydrogens is 377 g/mol. The number of hydrogen-bond donors (Lipinski definition) is 2. The summed E-state index contributed by atoms with van der Waals surface area (Å²) in [4.78, 5) is 22.1. The van der Waals surface area contributed by atoms with Gasteiger partial charge in [-0.25, -0.2) is 4.39 Å². The van der Waals surface area contributed by atoms with Crippen LogP contribution >= 0.6 is 27.7 Å². The van der Waals surface area contributed by atoms with Gasteiger partial charge >= 0.3 is 5.97 Å². The van der Waals surface area contributed by atoms with Crippen LogP contribution < -0.4 is 5.32 Å². The lowest BCUT2D eigenvalue weighted by Crippen LogP contribution is -2.26. The topological polar surface area (TPSA) is 91.1 Å². The predicted molar refractivity (Wildman–Crippen MR) is 85.8 cm³/mol. The predicted octanol–water partition coefficient (Wildman–Crippen LogP) is 2.12. The number of benzene rings is 1. The molecule has 1 heterocycles. The van der Waals surface area contributed by atoms with Crippen LogP contribution in [0.25, 0.3) is 0 Å². The van der Waals surface area contributed by atoms with Gasteiger partial charge in [0.15, 0.2) is 5.17 Å². The van der Waals surface area contributed by atoms with Gasteiger partial charge in [-0.05, 0) is 23.3 Å². The third-order valence-electron chi connectivity index (χ3n) is 2.71. The lowest BCUT2D eigenvalue weighted by Gasteiger charge is -1.99. The average molecular weight is 388 g/mol. The van der Waals surface area contributed by atoms with E-state index < -0.39 is 17.1 Å². The van der Waals surface area contributed by atoms with Crippen LogP contribution in [0.2, 0.25) is 0 Å². The Morgan fingerprint density at radius 1 is 1.55 bits per heavy atom. The molecule has 2 rings (SSSR count). The highest BCUT2D eigenvalue weighted by atomic mass is 79.9. The largest absolute Gasteiger partial charge is 0.481 e. The number of rotatable bonds is 5. The second kappa shape index (κ2) is 7.50. The first-order valence-electron chi connectivity index (χ1n) is 6.14.